The van der Waals surface area contributed by atoms with Crippen LogP contribution in [0, 0.1) is 0 Å². The van der Waals surface area contributed by atoms with Gasteiger partial charge in [-0.1, -0.05) is 0 Å². The van der Waals surface area contributed by atoms with E-state index in [1.807, 2.05) is 27.3 Å². The van der Waals surface area contributed by atoms with Gasteiger partial charge in [0, 0.05) is 49.0 Å². The van der Waals surface area contributed by atoms with Crippen molar-refractivity contribution in [3.63, 3.8) is 0 Å². The van der Waals surface area contributed by atoms with E-state index in [2.05, 4.69) is 4.18 Å². The van der Waals surface area contributed by atoms with Gasteiger partial charge < -0.3 is 4.18 Å². The van der Waals surface area contributed by atoms with Crippen molar-refractivity contribution in [3.8, 4) is 0 Å². The van der Waals surface area contributed by atoms with Crippen LogP contribution in [-0.2, 0) is 20.7 Å². The zero-order valence-electron chi connectivity index (χ0n) is 9.15. The normalized spacial score (nSPS) is 15.9. The van der Waals surface area contributed by atoms with Gasteiger partial charge in [-0.2, -0.15) is 21.6 Å². The smallest absolute Gasteiger partial charge is 0.380 e. The highest BCUT2D eigenvalue weighted by atomic mass is 127. The molecular formula is C9H7F3INO3S2. The van der Waals surface area contributed by atoms with Crippen molar-refractivity contribution in [2.75, 3.05) is 0 Å². The van der Waals surface area contributed by atoms with E-state index in [1.165, 1.54) is 15.2 Å². The standard InChI is InChI=1S/C9H7F3INO3S2/c10-9(11,12)19(15,16)17-7-2-1-6-3-4-14(18-13)8(6)5-7/h3-5H,1-2H2. The molecule has 0 radical (unpaired) electrons. The Kier molecular flexibility index (Phi) is 4.12. The van der Waals surface area contributed by atoms with Gasteiger partial charge in [-0.15, -0.1) is 0 Å². The third kappa shape index (κ3) is 3.05. The van der Waals surface area contributed by atoms with Crippen molar-refractivity contribution in [3.05, 3.63) is 29.3 Å². The number of hydrogen-bond donors (Lipinski definition) is 0. The number of hydrogen-bond acceptors (Lipinski definition) is 4. The number of aryl methyl sites for hydroxylation is 1. The van der Waals surface area contributed by atoms with E-state index in [0.717, 1.165) is 5.56 Å². The molecule has 1 aliphatic rings. The number of rotatable bonds is 3. The fraction of sp³-hybridized carbons (Fsp3) is 0.333. The third-order valence-electron chi connectivity index (χ3n) is 2.49. The van der Waals surface area contributed by atoms with Gasteiger partial charge in [-0.25, -0.2) is 0 Å². The molecule has 2 rings (SSSR count). The molecule has 106 valence electrons. The number of halogens is 4. The summed E-state index contributed by atoms with van der Waals surface area (Å²) in [7, 11) is -4.26. The van der Waals surface area contributed by atoms with Crippen LogP contribution in [0.2, 0.25) is 0 Å². The quantitative estimate of drug-likeness (QED) is 0.423. The van der Waals surface area contributed by atoms with Crippen molar-refractivity contribution in [1.29, 1.82) is 0 Å². The van der Waals surface area contributed by atoms with Crippen molar-refractivity contribution >= 4 is 46.5 Å². The molecule has 0 bridgehead atoms. The Labute approximate surface area is 123 Å². The first kappa shape index (κ1) is 15.0. The summed E-state index contributed by atoms with van der Waals surface area (Å²) in [6, 6.07) is 1.84. The van der Waals surface area contributed by atoms with Gasteiger partial charge in [0.15, 0.2) is 0 Å². The van der Waals surface area contributed by atoms with E-state index in [4.69, 9.17) is 0 Å². The van der Waals surface area contributed by atoms with Crippen LogP contribution in [0.4, 0.5) is 13.2 Å². The Morgan fingerprint density at radius 2 is 2.05 bits per heavy atom. The molecule has 0 amide bonds. The lowest BCUT2D eigenvalue weighted by molar-refractivity contribution is -0.0522. The first-order valence-electron chi connectivity index (χ1n) is 4.95. The molecule has 1 aromatic heterocycles. The van der Waals surface area contributed by atoms with Gasteiger partial charge in [0.2, 0.25) is 0 Å². The average Bonchev–Trinajstić information content (AvgIpc) is 2.69. The fourth-order valence-electron chi connectivity index (χ4n) is 1.63. The molecule has 0 aliphatic heterocycles. The van der Waals surface area contributed by atoms with Crippen molar-refractivity contribution in [2.45, 2.75) is 18.3 Å². The van der Waals surface area contributed by atoms with Crippen LogP contribution in [0.25, 0.3) is 6.08 Å². The maximum atomic E-state index is 12.2. The summed E-state index contributed by atoms with van der Waals surface area (Å²) in [6.45, 7) is 0. The molecule has 19 heavy (non-hydrogen) atoms. The molecule has 0 saturated heterocycles. The summed E-state index contributed by atoms with van der Waals surface area (Å²) >= 11 is 2.02. The molecular weight excluding hydrogens is 418 g/mol. The van der Waals surface area contributed by atoms with E-state index >= 15 is 0 Å². The predicted molar refractivity (Wildman–Crippen MR) is 73.8 cm³/mol. The molecule has 0 atom stereocenters. The van der Waals surface area contributed by atoms with Gasteiger partial charge in [0.1, 0.15) is 5.76 Å². The molecule has 0 aromatic carbocycles. The molecule has 0 N–H and O–H groups in total. The SMILES string of the molecule is O=S(=O)(OC1=Cc2c(ccn2SI)CC1)C(F)(F)F. The van der Waals surface area contributed by atoms with Crippen LogP contribution in [0.3, 0.4) is 0 Å². The minimum atomic E-state index is -5.59. The lowest BCUT2D eigenvalue weighted by atomic mass is 10.0. The topological polar surface area (TPSA) is 48.3 Å². The number of allylic oxidation sites excluding steroid dienone is 1. The van der Waals surface area contributed by atoms with Crippen molar-refractivity contribution in [1.82, 2.24) is 3.97 Å². The van der Waals surface area contributed by atoms with Crippen LogP contribution in [0.5, 0.6) is 0 Å². The van der Waals surface area contributed by atoms with Crippen LogP contribution in [-0.4, -0.2) is 17.9 Å². The molecule has 0 saturated carbocycles. The van der Waals surface area contributed by atoms with Crippen LogP contribution in [0.15, 0.2) is 18.0 Å². The second kappa shape index (κ2) is 5.20. The van der Waals surface area contributed by atoms with E-state index in [9.17, 15) is 21.6 Å². The maximum Gasteiger partial charge on any atom is 0.534 e. The molecule has 10 heteroatoms. The van der Waals surface area contributed by atoms with E-state index in [1.54, 1.807) is 10.2 Å². The zero-order chi connectivity index (χ0) is 14.3. The average molecular weight is 425 g/mol. The Morgan fingerprint density at radius 1 is 1.37 bits per heavy atom. The lowest BCUT2D eigenvalue weighted by Crippen LogP contribution is -2.25. The molecule has 4 nitrogen and oxygen atoms in total. The van der Waals surface area contributed by atoms with Crippen molar-refractivity contribution in [2.24, 2.45) is 0 Å². The molecule has 0 unspecified atom stereocenters. The predicted octanol–water partition coefficient (Wildman–Crippen LogP) is 3.49. The van der Waals surface area contributed by atoms with Gasteiger partial charge in [0.25, 0.3) is 0 Å². The summed E-state index contributed by atoms with van der Waals surface area (Å²) in [5, 5.41) is 0. The van der Waals surface area contributed by atoms with Crippen LogP contribution < -0.4 is 0 Å². The summed E-state index contributed by atoms with van der Waals surface area (Å²) in [4.78, 5) is 0. The summed E-state index contributed by atoms with van der Waals surface area (Å²) in [5.74, 6) is -0.199. The second-order valence-electron chi connectivity index (χ2n) is 3.71. The number of nitrogens with zero attached hydrogens (tertiary/aromatic N) is 1. The first-order valence-corrected chi connectivity index (χ1v) is 9.67. The zero-order valence-corrected chi connectivity index (χ0v) is 12.9. The largest absolute Gasteiger partial charge is 0.534 e. The second-order valence-corrected chi connectivity index (χ2v) is 6.97. The van der Waals surface area contributed by atoms with Gasteiger partial charge in [0.05, 0.1) is 5.69 Å². The monoisotopic (exact) mass is 425 g/mol. The number of alkyl halides is 3. The van der Waals surface area contributed by atoms with E-state index in [0.29, 0.717) is 12.1 Å². The number of aromatic nitrogens is 1. The highest BCUT2D eigenvalue weighted by molar-refractivity contribution is 14.2. The first-order chi connectivity index (χ1) is 8.74. The highest BCUT2D eigenvalue weighted by Crippen LogP contribution is 2.33. The summed E-state index contributed by atoms with van der Waals surface area (Å²) < 4.78 is 64.4. The summed E-state index contributed by atoms with van der Waals surface area (Å²) in [6.07, 6.45) is 3.66. The third-order valence-corrected chi connectivity index (χ3v) is 5.23. The van der Waals surface area contributed by atoms with E-state index in [-0.39, 0.29) is 12.2 Å². The Morgan fingerprint density at radius 3 is 2.63 bits per heavy atom. The number of fused-ring (bicyclic) bond motifs is 1. The minimum absolute atomic E-state index is 0.123. The molecule has 1 heterocycles. The Balaban J connectivity index is 2.30. The van der Waals surface area contributed by atoms with Gasteiger partial charge >= 0.3 is 15.6 Å². The Hall–Kier alpha value is -0.360. The van der Waals surface area contributed by atoms with Gasteiger partial charge in [-0.3, -0.25) is 3.97 Å². The van der Waals surface area contributed by atoms with Crippen LogP contribution in [0.1, 0.15) is 17.7 Å². The van der Waals surface area contributed by atoms with Crippen LogP contribution >= 0.6 is 30.3 Å². The Bertz CT molecular complexity index is 621. The molecule has 0 fully saturated rings. The highest BCUT2D eigenvalue weighted by Gasteiger charge is 2.48. The molecule has 1 aromatic rings. The van der Waals surface area contributed by atoms with Gasteiger partial charge in [-0.05, 0) is 18.1 Å². The maximum absolute atomic E-state index is 12.2. The molecule has 0 spiro atoms. The fourth-order valence-corrected chi connectivity index (χ4v) is 3.52. The summed E-state index contributed by atoms with van der Waals surface area (Å²) in [5.41, 5.74) is -3.81. The van der Waals surface area contributed by atoms with E-state index < -0.39 is 15.6 Å². The molecule has 1 aliphatic carbocycles. The minimum Gasteiger partial charge on any atom is -0.380 e. The van der Waals surface area contributed by atoms with Crippen molar-refractivity contribution < 1.29 is 25.8 Å². The lowest BCUT2D eigenvalue weighted by Gasteiger charge is -2.16.